The monoisotopic (exact) mass is 260 g/mol. The van der Waals surface area contributed by atoms with Crippen LogP contribution in [0.3, 0.4) is 0 Å². The van der Waals surface area contributed by atoms with Crippen molar-refractivity contribution in [2.45, 2.75) is 46.2 Å². The van der Waals surface area contributed by atoms with E-state index in [1.165, 1.54) is 43.5 Å². The fourth-order valence-corrected chi connectivity index (χ4v) is 2.91. The molecule has 1 saturated heterocycles. The van der Waals surface area contributed by atoms with Crippen molar-refractivity contribution >= 4 is 0 Å². The first-order valence-electron chi connectivity index (χ1n) is 7.85. The van der Waals surface area contributed by atoms with Gasteiger partial charge in [-0.05, 0) is 50.1 Å². The molecule has 1 heterocycles. The van der Waals surface area contributed by atoms with Crippen molar-refractivity contribution in [1.82, 2.24) is 9.80 Å². The summed E-state index contributed by atoms with van der Waals surface area (Å²) in [5.74, 6) is 0. The van der Waals surface area contributed by atoms with Gasteiger partial charge in [0, 0.05) is 13.1 Å². The minimum atomic E-state index is 1.09. The summed E-state index contributed by atoms with van der Waals surface area (Å²) < 4.78 is 0. The summed E-state index contributed by atoms with van der Waals surface area (Å²) in [6, 6.07) is 8.98. The molecule has 0 radical (unpaired) electrons. The smallest absolute Gasteiger partial charge is 0.0236 e. The molecule has 0 N–H and O–H groups in total. The molecule has 19 heavy (non-hydrogen) atoms. The number of hydrogen-bond acceptors (Lipinski definition) is 2. The van der Waals surface area contributed by atoms with Crippen molar-refractivity contribution in [2.24, 2.45) is 0 Å². The van der Waals surface area contributed by atoms with E-state index in [-0.39, 0.29) is 0 Å². The van der Waals surface area contributed by atoms with E-state index in [0.29, 0.717) is 0 Å². The molecule has 0 aliphatic carbocycles. The van der Waals surface area contributed by atoms with Crippen LogP contribution in [0.2, 0.25) is 0 Å². The van der Waals surface area contributed by atoms with Crippen LogP contribution in [0.4, 0.5) is 0 Å². The molecule has 2 nitrogen and oxygen atoms in total. The zero-order valence-electron chi connectivity index (χ0n) is 12.6. The van der Waals surface area contributed by atoms with Crippen LogP contribution in [-0.4, -0.2) is 36.0 Å². The SMILES string of the molecule is CCN(CC)Cc1ccccc1CN1CCCCC1. The Hall–Kier alpha value is -0.860. The minimum Gasteiger partial charge on any atom is -0.300 e. The molecular formula is C17H28N2. The lowest BCUT2D eigenvalue weighted by Crippen LogP contribution is -2.30. The number of piperidine rings is 1. The third-order valence-electron chi connectivity index (χ3n) is 4.25. The highest BCUT2D eigenvalue weighted by Crippen LogP contribution is 2.17. The van der Waals surface area contributed by atoms with E-state index in [1.807, 2.05) is 0 Å². The first kappa shape index (κ1) is 14.5. The minimum absolute atomic E-state index is 1.09. The summed E-state index contributed by atoms with van der Waals surface area (Å²) in [5.41, 5.74) is 3.04. The molecule has 1 aliphatic rings. The van der Waals surface area contributed by atoms with Gasteiger partial charge in [0.2, 0.25) is 0 Å². The third kappa shape index (κ3) is 4.32. The maximum Gasteiger partial charge on any atom is 0.0236 e. The van der Waals surface area contributed by atoms with Crippen molar-refractivity contribution in [3.8, 4) is 0 Å². The number of likely N-dealkylation sites (tertiary alicyclic amines) is 1. The lowest BCUT2D eigenvalue weighted by Gasteiger charge is -2.28. The highest BCUT2D eigenvalue weighted by molar-refractivity contribution is 5.27. The van der Waals surface area contributed by atoms with Crippen LogP contribution in [0.1, 0.15) is 44.2 Å². The van der Waals surface area contributed by atoms with Gasteiger partial charge in [-0.3, -0.25) is 9.80 Å². The molecule has 1 fully saturated rings. The van der Waals surface area contributed by atoms with Gasteiger partial charge >= 0.3 is 0 Å². The van der Waals surface area contributed by atoms with Crippen LogP contribution in [0.5, 0.6) is 0 Å². The third-order valence-corrected chi connectivity index (χ3v) is 4.25. The first-order valence-corrected chi connectivity index (χ1v) is 7.85. The average Bonchev–Trinajstić information content (AvgIpc) is 2.47. The Morgan fingerprint density at radius 3 is 2.21 bits per heavy atom. The summed E-state index contributed by atoms with van der Waals surface area (Å²) in [4.78, 5) is 5.11. The molecular weight excluding hydrogens is 232 g/mol. The number of nitrogens with zero attached hydrogens (tertiary/aromatic N) is 2. The molecule has 1 aliphatic heterocycles. The van der Waals surface area contributed by atoms with Gasteiger partial charge in [-0.1, -0.05) is 44.5 Å². The van der Waals surface area contributed by atoms with Gasteiger partial charge in [-0.2, -0.15) is 0 Å². The van der Waals surface area contributed by atoms with Crippen LogP contribution in [-0.2, 0) is 13.1 Å². The van der Waals surface area contributed by atoms with Crippen LogP contribution in [0.15, 0.2) is 24.3 Å². The number of hydrogen-bond donors (Lipinski definition) is 0. The Morgan fingerprint density at radius 2 is 1.58 bits per heavy atom. The summed E-state index contributed by atoms with van der Waals surface area (Å²) in [5, 5.41) is 0. The van der Waals surface area contributed by atoms with Gasteiger partial charge in [-0.25, -0.2) is 0 Å². The van der Waals surface area contributed by atoms with Crippen molar-refractivity contribution < 1.29 is 0 Å². The van der Waals surface area contributed by atoms with Gasteiger partial charge in [0.05, 0.1) is 0 Å². The van der Waals surface area contributed by atoms with Gasteiger partial charge in [-0.15, -0.1) is 0 Å². The van der Waals surface area contributed by atoms with Gasteiger partial charge in [0.1, 0.15) is 0 Å². The molecule has 2 rings (SSSR count). The van der Waals surface area contributed by atoms with E-state index in [2.05, 4.69) is 47.9 Å². The summed E-state index contributed by atoms with van der Waals surface area (Å²) >= 11 is 0. The largest absolute Gasteiger partial charge is 0.300 e. The summed E-state index contributed by atoms with van der Waals surface area (Å²) in [6.07, 6.45) is 4.16. The van der Waals surface area contributed by atoms with Crippen molar-refractivity contribution in [1.29, 1.82) is 0 Å². The predicted molar refractivity (Wildman–Crippen MR) is 82.2 cm³/mol. The van der Waals surface area contributed by atoms with E-state index in [1.54, 1.807) is 0 Å². The topological polar surface area (TPSA) is 6.48 Å². The second-order valence-corrected chi connectivity index (χ2v) is 5.57. The fraction of sp³-hybridized carbons (Fsp3) is 0.647. The average molecular weight is 260 g/mol. The van der Waals surface area contributed by atoms with Crippen LogP contribution in [0, 0.1) is 0 Å². The van der Waals surface area contributed by atoms with Crippen molar-refractivity contribution in [3.05, 3.63) is 35.4 Å². The van der Waals surface area contributed by atoms with Gasteiger partial charge in [0.15, 0.2) is 0 Å². The second-order valence-electron chi connectivity index (χ2n) is 5.57. The lowest BCUT2D eigenvalue weighted by molar-refractivity contribution is 0.218. The number of benzene rings is 1. The second kappa shape index (κ2) is 7.66. The molecule has 0 amide bonds. The van der Waals surface area contributed by atoms with Gasteiger partial charge < -0.3 is 0 Å². The molecule has 0 bridgehead atoms. The Bertz CT molecular complexity index is 365. The summed E-state index contributed by atoms with van der Waals surface area (Å²) in [7, 11) is 0. The molecule has 0 aromatic heterocycles. The van der Waals surface area contributed by atoms with E-state index in [4.69, 9.17) is 0 Å². The predicted octanol–water partition coefficient (Wildman–Crippen LogP) is 3.51. The van der Waals surface area contributed by atoms with E-state index in [0.717, 1.165) is 26.2 Å². The maximum absolute atomic E-state index is 2.62. The Kier molecular flexibility index (Phi) is 5.87. The van der Waals surface area contributed by atoms with E-state index in [9.17, 15) is 0 Å². The van der Waals surface area contributed by atoms with Crippen LogP contribution >= 0.6 is 0 Å². The van der Waals surface area contributed by atoms with Gasteiger partial charge in [0.25, 0.3) is 0 Å². The summed E-state index contributed by atoms with van der Waals surface area (Å²) in [6.45, 7) is 11.5. The van der Waals surface area contributed by atoms with Crippen molar-refractivity contribution in [2.75, 3.05) is 26.2 Å². The quantitative estimate of drug-likeness (QED) is 0.772. The first-order chi connectivity index (χ1) is 9.33. The molecule has 0 spiro atoms. The molecule has 0 unspecified atom stereocenters. The molecule has 1 aromatic rings. The molecule has 1 aromatic carbocycles. The standard InChI is InChI=1S/C17H28N2/c1-3-18(4-2)14-16-10-6-7-11-17(16)15-19-12-8-5-9-13-19/h6-7,10-11H,3-5,8-9,12-15H2,1-2H3. The molecule has 106 valence electrons. The molecule has 0 saturated carbocycles. The Balaban J connectivity index is 2.02. The maximum atomic E-state index is 2.62. The Labute approximate surface area is 118 Å². The zero-order valence-corrected chi connectivity index (χ0v) is 12.6. The highest BCUT2D eigenvalue weighted by atomic mass is 15.1. The van der Waals surface area contributed by atoms with E-state index >= 15 is 0 Å². The lowest BCUT2D eigenvalue weighted by atomic mass is 10.0. The fourth-order valence-electron chi connectivity index (χ4n) is 2.91. The molecule has 0 atom stereocenters. The van der Waals surface area contributed by atoms with Crippen molar-refractivity contribution in [3.63, 3.8) is 0 Å². The number of rotatable bonds is 6. The normalized spacial score (nSPS) is 17.0. The highest BCUT2D eigenvalue weighted by Gasteiger charge is 2.13. The van der Waals surface area contributed by atoms with Crippen LogP contribution in [0.25, 0.3) is 0 Å². The Morgan fingerprint density at radius 1 is 0.947 bits per heavy atom. The van der Waals surface area contributed by atoms with Crippen LogP contribution < -0.4 is 0 Å². The molecule has 2 heteroatoms. The van der Waals surface area contributed by atoms with E-state index < -0.39 is 0 Å². The zero-order chi connectivity index (χ0) is 13.5.